The third-order valence-corrected chi connectivity index (χ3v) is 4.28. The lowest BCUT2D eigenvalue weighted by Gasteiger charge is -2.31. The molecule has 1 saturated heterocycles. The average Bonchev–Trinajstić information content (AvgIpc) is 2.54. The number of rotatable bonds is 3. The molecule has 1 aliphatic rings. The van der Waals surface area contributed by atoms with Crippen LogP contribution in [-0.2, 0) is 9.47 Å². The van der Waals surface area contributed by atoms with Crippen LogP contribution in [0.1, 0.15) is 10.4 Å². The molecule has 0 bridgehead atoms. The van der Waals surface area contributed by atoms with E-state index in [1.54, 1.807) is 24.3 Å². The fourth-order valence-corrected chi connectivity index (χ4v) is 2.47. The molecule has 0 aliphatic carbocycles. The van der Waals surface area contributed by atoms with Gasteiger partial charge in [-0.25, -0.2) is 9.59 Å². The van der Waals surface area contributed by atoms with Gasteiger partial charge >= 0.3 is 12.0 Å². The van der Waals surface area contributed by atoms with Crippen molar-refractivity contribution in [3.63, 3.8) is 0 Å². The van der Waals surface area contributed by atoms with Gasteiger partial charge in [0.15, 0.2) is 0 Å². The van der Waals surface area contributed by atoms with Gasteiger partial charge in [0.05, 0.1) is 18.8 Å². The summed E-state index contributed by atoms with van der Waals surface area (Å²) in [6.07, 6.45) is -1.44. The predicted molar refractivity (Wildman–Crippen MR) is 94.6 cm³/mol. The van der Waals surface area contributed by atoms with E-state index in [4.69, 9.17) is 44.3 Å². The summed E-state index contributed by atoms with van der Waals surface area (Å²) < 4.78 is 9.11. The number of nitrogens with zero attached hydrogens (tertiary/aromatic N) is 1. The van der Waals surface area contributed by atoms with Crippen LogP contribution in [0.4, 0.5) is 4.79 Å². The van der Waals surface area contributed by atoms with Crippen LogP contribution in [0.2, 0.25) is 0 Å². The molecule has 1 aromatic carbocycles. The Labute approximate surface area is 162 Å². The highest BCUT2D eigenvalue weighted by Gasteiger charge is 2.38. The van der Waals surface area contributed by atoms with Crippen molar-refractivity contribution in [2.24, 2.45) is 0 Å². The number of hydrogen-bond acceptors (Lipinski definition) is 4. The van der Waals surface area contributed by atoms with Gasteiger partial charge in [-0.3, -0.25) is 5.32 Å². The number of alkyl halides is 3. The third kappa shape index (κ3) is 5.67. The number of nitrogens with one attached hydrogen (secondary N) is 1. The summed E-state index contributed by atoms with van der Waals surface area (Å²) in [5, 5.41) is 2.42. The molecule has 0 unspecified atom stereocenters. The lowest BCUT2D eigenvalue weighted by atomic mass is 10.2. The number of carbonyl (C=O) groups excluding carboxylic acids is 2. The molecule has 1 N–H and O–H groups in total. The number of benzene rings is 1. The monoisotopic (exact) mass is 458 g/mol. The van der Waals surface area contributed by atoms with Gasteiger partial charge in [-0.15, -0.1) is 0 Å². The molecular formula is C14H14BrCl3N2O4. The Morgan fingerprint density at radius 2 is 1.79 bits per heavy atom. The minimum absolute atomic E-state index is 0.262. The summed E-state index contributed by atoms with van der Waals surface area (Å²) in [7, 11) is 0. The zero-order valence-corrected chi connectivity index (χ0v) is 16.2. The molecule has 0 spiro atoms. The van der Waals surface area contributed by atoms with Gasteiger partial charge in [0.25, 0.3) is 0 Å². The van der Waals surface area contributed by atoms with Crippen LogP contribution >= 0.6 is 50.7 Å². The summed E-state index contributed by atoms with van der Waals surface area (Å²) in [5.74, 6) is -0.721. The molecule has 24 heavy (non-hydrogen) atoms. The first-order valence-corrected chi connectivity index (χ1v) is 8.86. The van der Waals surface area contributed by atoms with Crippen molar-refractivity contribution in [1.29, 1.82) is 0 Å². The summed E-state index contributed by atoms with van der Waals surface area (Å²) in [5.41, 5.74) is 0.262. The molecule has 6 nitrogen and oxygen atoms in total. The molecule has 1 fully saturated rings. The number of morpholine rings is 1. The van der Waals surface area contributed by atoms with E-state index in [9.17, 15) is 9.59 Å². The van der Waals surface area contributed by atoms with Crippen molar-refractivity contribution in [3.05, 3.63) is 34.3 Å². The third-order valence-electron chi connectivity index (χ3n) is 3.15. The first kappa shape index (κ1) is 19.6. The molecule has 0 aromatic heterocycles. The number of esters is 1. The highest BCUT2D eigenvalue weighted by Crippen LogP contribution is 2.31. The van der Waals surface area contributed by atoms with E-state index in [1.807, 2.05) is 0 Å². The van der Waals surface area contributed by atoms with Crippen molar-refractivity contribution in [2.75, 3.05) is 26.3 Å². The van der Waals surface area contributed by atoms with Gasteiger partial charge in [0, 0.05) is 17.6 Å². The molecule has 2 amide bonds. The molecule has 1 aromatic rings. The topological polar surface area (TPSA) is 67.9 Å². The van der Waals surface area contributed by atoms with E-state index >= 15 is 0 Å². The zero-order chi connectivity index (χ0) is 17.7. The maximum Gasteiger partial charge on any atom is 0.340 e. The average molecular weight is 461 g/mol. The largest absolute Gasteiger partial charge is 0.433 e. The lowest BCUT2D eigenvalue weighted by Crippen LogP contribution is -2.54. The molecular weight excluding hydrogens is 446 g/mol. The predicted octanol–water partition coefficient (Wildman–Crippen LogP) is 3.34. The molecule has 1 aliphatic heterocycles. The first-order valence-electron chi connectivity index (χ1n) is 6.94. The standard InChI is InChI=1S/C14H14BrCl3N2O4/c15-10-3-1-9(2-4-10)11(21)24-12(14(16,17)18)19-13(22)20-5-7-23-8-6-20/h1-4,12H,5-8H2,(H,19,22)/t12-/m1/s1. The van der Waals surface area contributed by atoms with Gasteiger partial charge in [-0.2, -0.15) is 0 Å². The minimum atomic E-state index is -2.02. The first-order chi connectivity index (χ1) is 11.3. The van der Waals surface area contributed by atoms with E-state index in [0.717, 1.165) is 4.47 Å². The Balaban J connectivity index is 2.03. The molecule has 132 valence electrons. The van der Waals surface area contributed by atoms with Crippen molar-refractivity contribution in [2.45, 2.75) is 10.0 Å². The Kier molecular flexibility index (Phi) is 7.00. The molecule has 1 heterocycles. The van der Waals surface area contributed by atoms with Crippen LogP contribution in [0.15, 0.2) is 28.7 Å². The normalized spacial score (nSPS) is 16.4. The highest BCUT2D eigenvalue weighted by atomic mass is 79.9. The highest BCUT2D eigenvalue weighted by molar-refractivity contribution is 9.10. The minimum Gasteiger partial charge on any atom is -0.433 e. The Morgan fingerprint density at radius 1 is 1.21 bits per heavy atom. The van der Waals surface area contributed by atoms with Crippen LogP contribution in [-0.4, -0.2) is 53.2 Å². The van der Waals surface area contributed by atoms with E-state index in [-0.39, 0.29) is 5.56 Å². The Hall–Kier alpha value is -0.730. The fraction of sp³-hybridized carbons (Fsp3) is 0.429. The Morgan fingerprint density at radius 3 is 2.33 bits per heavy atom. The molecule has 2 rings (SSSR count). The van der Waals surface area contributed by atoms with Crippen LogP contribution in [0.3, 0.4) is 0 Å². The van der Waals surface area contributed by atoms with Gasteiger partial charge in [-0.1, -0.05) is 50.7 Å². The van der Waals surface area contributed by atoms with Crippen molar-refractivity contribution in [3.8, 4) is 0 Å². The van der Waals surface area contributed by atoms with E-state index in [2.05, 4.69) is 21.2 Å². The van der Waals surface area contributed by atoms with Crippen molar-refractivity contribution < 1.29 is 19.1 Å². The quantitative estimate of drug-likeness (QED) is 0.427. The van der Waals surface area contributed by atoms with E-state index in [0.29, 0.717) is 26.3 Å². The number of halogens is 4. The number of hydrogen-bond donors (Lipinski definition) is 1. The van der Waals surface area contributed by atoms with Crippen LogP contribution < -0.4 is 5.32 Å². The molecule has 1 atom stereocenters. The zero-order valence-electron chi connectivity index (χ0n) is 12.3. The summed E-state index contributed by atoms with van der Waals surface area (Å²) in [6, 6.07) is 5.94. The number of ether oxygens (including phenoxy) is 2. The number of amides is 2. The number of carbonyl (C=O) groups is 2. The van der Waals surface area contributed by atoms with Gasteiger partial charge in [0.2, 0.25) is 10.0 Å². The van der Waals surface area contributed by atoms with E-state index < -0.39 is 22.0 Å². The maximum absolute atomic E-state index is 12.2. The van der Waals surface area contributed by atoms with Crippen LogP contribution in [0.25, 0.3) is 0 Å². The summed E-state index contributed by atoms with van der Waals surface area (Å²) in [6.45, 7) is 1.65. The second-order valence-corrected chi connectivity index (χ2v) is 8.17. The van der Waals surface area contributed by atoms with Gasteiger partial charge in [0.1, 0.15) is 0 Å². The molecule has 10 heteroatoms. The van der Waals surface area contributed by atoms with E-state index in [1.165, 1.54) is 4.90 Å². The Bertz CT molecular complexity index is 589. The lowest BCUT2D eigenvalue weighted by molar-refractivity contribution is 0.0196. The number of urea groups is 1. The molecule has 0 radical (unpaired) electrons. The fourth-order valence-electron chi connectivity index (χ4n) is 1.91. The SMILES string of the molecule is O=C(O[C@@H](NC(=O)N1CCOCC1)C(Cl)(Cl)Cl)c1ccc(Br)cc1. The summed E-state index contributed by atoms with van der Waals surface area (Å²) >= 11 is 20.7. The van der Waals surface area contributed by atoms with Crippen LogP contribution in [0.5, 0.6) is 0 Å². The second-order valence-electron chi connectivity index (χ2n) is 4.88. The van der Waals surface area contributed by atoms with Crippen molar-refractivity contribution in [1.82, 2.24) is 10.2 Å². The second kappa shape index (κ2) is 8.58. The van der Waals surface area contributed by atoms with Crippen LogP contribution in [0, 0.1) is 0 Å². The summed E-state index contributed by atoms with van der Waals surface area (Å²) in [4.78, 5) is 25.9. The molecule has 0 saturated carbocycles. The van der Waals surface area contributed by atoms with Gasteiger partial charge in [-0.05, 0) is 24.3 Å². The van der Waals surface area contributed by atoms with Crippen molar-refractivity contribution >= 4 is 62.7 Å². The smallest absolute Gasteiger partial charge is 0.340 e. The maximum atomic E-state index is 12.2. The van der Waals surface area contributed by atoms with Gasteiger partial charge < -0.3 is 14.4 Å².